The molecule has 2 rings (SSSR count). The lowest BCUT2D eigenvalue weighted by atomic mass is 9.93. The topological polar surface area (TPSA) is 55.8 Å². The summed E-state index contributed by atoms with van der Waals surface area (Å²) in [6.07, 6.45) is 0.676. The Morgan fingerprint density at radius 3 is 2.61 bits per heavy atom. The van der Waals surface area contributed by atoms with Crippen LogP contribution in [0.3, 0.4) is 0 Å². The van der Waals surface area contributed by atoms with Crippen LogP contribution < -0.4 is 9.47 Å². The third-order valence-corrected chi connectivity index (χ3v) is 3.38. The Bertz CT molecular complexity index is 484. The van der Waals surface area contributed by atoms with Gasteiger partial charge in [-0.05, 0) is 25.0 Å². The number of benzene rings is 1. The molecular formula is C13H15ClO4. The number of rotatable bonds is 3. The molecule has 5 heteroatoms. The molecule has 1 aromatic rings. The first-order valence-corrected chi connectivity index (χ1v) is 6.27. The van der Waals surface area contributed by atoms with Crippen molar-refractivity contribution in [2.45, 2.75) is 26.2 Å². The molecule has 98 valence electrons. The van der Waals surface area contributed by atoms with Crippen LogP contribution in [0.25, 0.3) is 0 Å². The summed E-state index contributed by atoms with van der Waals surface area (Å²) >= 11 is 6.13. The van der Waals surface area contributed by atoms with E-state index in [2.05, 4.69) is 0 Å². The molecule has 0 spiro atoms. The van der Waals surface area contributed by atoms with Gasteiger partial charge in [0.15, 0.2) is 11.5 Å². The number of carbonyl (C=O) groups is 1. The highest BCUT2D eigenvalue weighted by atomic mass is 35.5. The van der Waals surface area contributed by atoms with Crippen LogP contribution >= 0.6 is 11.6 Å². The van der Waals surface area contributed by atoms with Gasteiger partial charge >= 0.3 is 5.97 Å². The maximum Gasteiger partial charge on any atom is 0.310 e. The van der Waals surface area contributed by atoms with Crippen LogP contribution in [-0.2, 0) is 11.2 Å². The molecule has 0 radical (unpaired) electrons. The van der Waals surface area contributed by atoms with Gasteiger partial charge in [0.2, 0.25) is 0 Å². The largest absolute Gasteiger partial charge is 0.486 e. The van der Waals surface area contributed by atoms with Gasteiger partial charge in [0.1, 0.15) is 13.2 Å². The van der Waals surface area contributed by atoms with Crippen molar-refractivity contribution in [3.63, 3.8) is 0 Å². The average molecular weight is 271 g/mol. The zero-order chi connectivity index (χ0) is 13.3. The van der Waals surface area contributed by atoms with Crippen LogP contribution in [0, 0.1) is 0 Å². The van der Waals surface area contributed by atoms with Crippen molar-refractivity contribution in [1.82, 2.24) is 0 Å². The zero-order valence-corrected chi connectivity index (χ0v) is 11.1. The molecule has 1 aromatic carbocycles. The molecule has 0 saturated heterocycles. The van der Waals surface area contributed by atoms with Gasteiger partial charge in [-0.1, -0.05) is 18.5 Å². The molecule has 0 amide bonds. The van der Waals surface area contributed by atoms with Crippen LogP contribution in [0.1, 0.15) is 30.9 Å². The van der Waals surface area contributed by atoms with E-state index in [0.717, 1.165) is 5.56 Å². The lowest BCUT2D eigenvalue weighted by molar-refractivity contribution is -0.138. The van der Waals surface area contributed by atoms with Crippen LogP contribution in [0.5, 0.6) is 11.5 Å². The summed E-state index contributed by atoms with van der Waals surface area (Å²) in [5, 5.41) is 9.54. The van der Waals surface area contributed by atoms with E-state index < -0.39 is 11.9 Å². The Morgan fingerprint density at radius 1 is 1.44 bits per heavy atom. The molecule has 1 aliphatic heterocycles. The van der Waals surface area contributed by atoms with E-state index >= 15 is 0 Å². The number of ether oxygens (including phenoxy) is 2. The Morgan fingerprint density at radius 2 is 2.06 bits per heavy atom. The fourth-order valence-electron chi connectivity index (χ4n) is 2.12. The Balaban J connectivity index is 2.60. The minimum atomic E-state index is -0.877. The first kappa shape index (κ1) is 13.0. The second-order valence-electron chi connectivity index (χ2n) is 4.19. The smallest absolute Gasteiger partial charge is 0.310 e. The lowest BCUT2D eigenvalue weighted by Crippen LogP contribution is -2.19. The number of hydrogen-bond donors (Lipinski definition) is 1. The summed E-state index contributed by atoms with van der Waals surface area (Å²) in [5.74, 6) is -0.369. The van der Waals surface area contributed by atoms with Crippen molar-refractivity contribution >= 4 is 17.6 Å². The molecule has 0 saturated carbocycles. The lowest BCUT2D eigenvalue weighted by Gasteiger charge is -2.25. The van der Waals surface area contributed by atoms with Crippen LogP contribution in [0.15, 0.2) is 6.07 Å². The molecule has 1 unspecified atom stereocenters. The summed E-state index contributed by atoms with van der Waals surface area (Å²) in [4.78, 5) is 11.1. The number of fused-ring (bicyclic) bond motifs is 1. The molecule has 0 bridgehead atoms. The van der Waals surface area contributed by atoms with Gasteiger partial charge in [-0.15, -0.1) is 0 Å². The molecule has 0 fully saturated rings. The van der Waals surface area contributed by atoms with E-state index in [4.69, 9.17) is 26.2 Å². The first-order valence-electron chi connectivity index (χ1n) is 5.90. The van der Waals surface area contributed by atoms with Crippen LogP contribution in [0.4, 0.5) is 0 Å². The third-order valence-electron chi connectivity index (χ3n) is 3.09. The second kappa shape index (κ2) is 5.06. The maximum absolute atomic E-state index is 11.1. The van der Waals surface area contributed by atoms with Gasteiger partial charge in [-0.25, -0.2) is 0 Å². The van der Waals surface area contributed by atoms with E-state index in [9.17, 15) is 4.79 Å². The molecule has 1 atom stereocenters. The minimum absolute atomic E-state index is 0.407. The molecule has 18 heavy (non-hydrogen) atoms. The Labute approximate surface area is 110 Å². The van der Waals surface area contributed by atoms with Crippen molar-refractivity contribution < 1.29 is 19.4 Å². The van der Waals surface area contributed by atoms with Crippen molar-refractivity contribution in [2.75, 3.05) is 13.2 Å². The summed E-state index contributed by atoms with van der Waals surface area (Å²) in [6, 6.07) is 1.67. The normalized spacial score (nSPS) is 15.3. The standard InChI is InChI=1S/C13H15ClO4/c1-3-8-9(7(2)13(15)16)6-10(14)12-11(8)17-4-5-18-12/h6-7H,3-5H2,1-2H3,(H,15,16). The van der Waals surface area contributed by atoms with Gasteiger partial charge in [0, 0.05) is 5.56 Å². The Hall–Kier alpha value is -1.42. The maximum atomic E-state index is 11.1. The van der Waals surface area contributed by atoms with Gasteiger partial charge in [-0.2, -0.15) is 0 Å². The van der Waals surface area contributed by atoms with Gasteiger partial charge < -0.3 is 14.6 Å². The molecule has 1 heterocycles. The van der Waals surface area contributed by atoms with Crippen molar-refractivity contribution in [3.8, 4) is 11.5 Å². The predicted molar refractivity (Wildman–Crippen MR) is 67.9 cm³/mol. The molecule has 0 aromatic heterocycles. The fourth-order valence-corrected chi connectivity index (χ4v) is 2.38. The number of aliphatic carboxylic acids is 1. The van der Waals surface area contributed by atoms with Crippen LogP contribution in [-0.4, -0.2) is 24.3 Å². The average Bonchev–Trinajstić information content (AvgIpc) is 2.37. The highest BCUT2D eigenvalue weighted by molar-refractivity contribution is 6.32. The van der Waals surface area contributed by atoms with Crippen molar-refractivity contribution in [1.29, 1.82) is 0 Å². The van der Waals surface area contributed by atoms with E-state index in [1.807, 2.05) is 6.92 Å². The number of carboxylic acids is 1. The van der Waals surface area contributed by atoms with E-state index in [-0.39, 0.29) is 0 Å². The molecule has 0 aliphatic carbocycles. The van der Waals surface area contributed by atoms with Gasteiger partial charge in [-0.3, -0.25) is 4.79 Å². The fraction of sp³-hybridized carbons (Fsp3) is 0.462. The Kier molecular flexibility index (Phi) is 3.66. The highest BCUT2D eigenvalue weighted by Gasteiger charge is 2.26. The van der Waals surface area contributed by atoms with Crippen LogP contribution in [0.2, 0.25) is 5.02 Å². The zero-order valence-electron chi connectivity index (χ0n) is 10.3. The third kappa shape index (κ3) is 2.12. The van der Waals surface area contributed by atoms with Crippen molar-refractivity contribution in [2.24, 2.45) is 0 Å². The van der Waals surface area contributed by atoms with Gasteiger partial charge in [0.05, 0.1) is 10.9 Å². The molecule has 1 N–H and O–H groups in total. The quantitative estimate of drug-likeness (QED) is 0.918. The van der Waals surface area contributed by atoms with E-state index in [1.165, 1.54) is 0 Å². The number of hydrogen-bond acceptors (Lipinski definition) is 3. The summed E-state index contributed by atoms with van der Waals surface area (Å²) < 4.78 is 11.1. The molecule has 1 aliphatic rings. The monoisotopic (exact) mass is 270 g/mol. The van der Waals surface area contributed by atoms with E-state index in [1.54, 1.807) is 13.0 Å². The van der Waals surface area contributed by atoms with Crippen molar-refractivity contribution in [3.05, 3.63) is 22.2 Å². The summed E-state index contributed by atoms with van der Waals surface area (Å²) in [5.41, 5.74) is 1.56. The van der Waals surface area contributed by atoms with E-state index in [0.29, 0.717) is 41.7 Å². The molecular weight excluding hydrogens is 256 g/mol. The highest BCUT2D eigenvalue weighted by Crippen LogP contribution is 2.44. The predicted octanol–water partition coefficient (Wildman–Crippen LogP) is 2.86. The first-order chi connectivity index (χ1) is 8.56. The van der Waals surface area contributed by atoms with Gasteiger partial charge in [0.25, 0.3) is 0 Å². The second-order valence-corrected chi connectivity index (χ2v) is 4.60. The minimum Gasteiger partial charge on any atom is -0.486 e. The number of carboxylic acid groups (broad SMARTS) is 1. The number of halogens is 1. The summed E-state index contributed by atoms with van der Waals surface area (Å²) in [7, 11) is 0. The summed E-state index contributed by atoms with van der Waals surface area (Å²) in [6.45, 7) is 4.52. The molecule has 4 nitrogen and oxygen atoms in total. The SMILES string of the molecule is CCc1c(C(C)C(=O)O)cc(Cl)c2c1OCCO2.